The van der Waals surface area contributed by atoms with Crippen molar-refractivity contribution in [2.24, 2.45) is 0 Å². The van der Waals surface area contributed by atoms with Crippen LogP contribution in [0.4, 0.5) is 9.59 Å². The van der Waals surface area contributed by atoms with Gasteiger partial charge in [-0.3, -0.25) is 0 Å². The fourth-order valence-corrected chi connectivity index (χ4v) is 3.69. The molecule has 1 heterocycles. The van der Waals surface area contributed by atoms with Crippen molar-refractivity contribution in [3.63, 3.8) is 0 Å². The monoisotopic (exact) mass is 412 g/mol. The van der Waals surface area contributed by atoms with Crippen LogP contribution in [0.5, 0.6) is 0 Å². The highest BCUT2D eigenvalue weighted by atomic mass is 32.2. The SMILES string of the molecule is CCOC(=O)N1CCCN(C(=O)NCc2cccc(CS(=O)(=O)NC)c2)CC1. The second-order valence-corrected chi connectivity index (χ2v) is 8.39. The molecule has 1 fully saturated rings. The number of sulfonamides is 1. The van der Waals surface area contributed by atoms with Gasteiger partial charge in [0, 0.05) is 32.7 Å². The first-order valence-corrected chi connectivity index (χ1v) is 10.9. The number of urea groups is 1. The maximum absolute atomic E-state index is 12.5. The molecule has 0 spiro atoms. The number of ether oxygens (including phenoxy) is 1. The van der Waals surface area contributed by atoms with Crippen molar-refractivity contribution in [2.45, 2.75) is 25.6 Å². The van der Waals surface area contributed by atoms with E-state index in [4.69, 9.17) is 4.74 Å². The molecule has 1 saturated heterocycles. The molecule has 1 aliphatic rings. The van der Waals surface area contributed by atoms with E-state index < -0.39 is 10.0 Å². The van der Waals surface area contributed by atoms with Gasteiger partial charge in [0.15, 0.2) is 0 Å². The van der Waals surface area contributed by atoms with E-state index in [0.29, 0.717) is 51.3 Å². The number of carbonyl (C=O) groups excluding carboxylic acids is 2. The van der Waals surface area contributed by atoms with Crippen molar-refractivity contribution >= 4 is 22.1 Å². The molecule has 1 aromatic carbocycles. The number of hydrogen-bond donors (Lipinski definition) is 2. The molecule has 0 aromatic heterocycles. The molecule has 1 aliphatic heterocycles. The van der Waals surface area contributed by atoms with Gasteiger partial charge in [-0.15, -0.1) is 0 Å². The average molecular weight is 413 g/mol. The van der Waals surface area contributed by atoms with Gasteiger partial charge in [-0.25, -0.2) is 22.7 Å². The minimum atomic E-state index is -3.35. The van der Waals surface area contributed by atoms with E-state index in [-0.39, 0.29) is 17.9 Å². The van der Waals surface area contributed by atoms with Crippen LogP contribution in [0.1, 0.15) is 24.5 Å². The van der Waals surface area contributed by atoms with Crippen LogP contribution in [0.25, 0.3) is 0 Å². The molecule has 28 heavy (non-hydrogen) atoms. The Morgan fingerprint density at radius 2 is 1.79 bits per heavy atom. The Hall–Kier alpha value is -2.33. The van der Waals surface area contributed by atoms with Gasteiger partial charge >= 0.3 is 12.1 Å². The number of rotatable bonds is 6. The summed E-state index contributed by atoms with van der Waals surface area (Å²) in [5.41, 5.74) is 1.47. The van der Waals surface area contributed by atoms with Crippen LogP contribution in [0.2, 0.25) is 0 Å². The van der Waals surface area contributed by atoms with E-state index in [2.05, 4.69) is 10.0 Å². The number of nitrogens with one attached hydrogen (secondary N) is 2. The lowest BCUT2D eigenvalue weighted by Crippen LogP contribution is -2.42. The number of amides is 3. The van der Waals surface area contributed by atoms with Gasteiger partial charge in [0.05, 0.1) is 12.4 Å². The molecule has 10 heteroatoms. The third-order valence-electron chi connectivity index (χ3n) is 4.41. The van der Waals surface area contributed by atoms with Crippen molar-refractivity contribution in [3.05, 3.63) is 35.4 Å². The lowest BCUT2D eigenvalue weighted by molar-refractivity contribution is 0.108. The summed E-state index contributed by atoms with van der Waals surface area (Å²) < 4.78 is 30.7. The maximum atomic E-state index is 12.5. The molecule has 0 atom stereocenters. The minimum Gasteiger partial charge on any atom is -0.450 e. The van der Waals surface area contributed by atoms with Crippen molar-refractivity contribution in [1.29, 1.82) is 0 Å². The fraction of sp³-hybridized carbons (Fsp3) is 0.556. The summed E-state index contributed by atoms with van der Waals surface area (Å²) >= 11 is 0. The molecule has 0 radical (unpaired) electrons. The van der Waals surface area contributed by atoms with E-state index in [0.717, 1.165) is 5.56 Å². The number of benzene rings is 1. The highest BCUT2D eigenvalue weighted by molar-refractivity contribution is 7.88. The first-order chi connectivity index (χ1) is 13.3. The van der Waals surface area contributed by atoms with Crippen LogP contribution in [-0.4, -0.2) is 70.2 Å². The van der Waals surface area contributed by atoms with E-state index in [1.165, 1.54) is 7.05 Å². The molecule has 156 valence electrons. The van der Waals surface area contributed by atoms with Gasteiger partial charge < -0.3 is 19.9 Å². The van der Waals surface area contributed by atoms with Gasteiger partial charge in [0.2, 0.25) is 10.0 Å². The van der Waals surface area contributed by atoms with E-state index >= 15 is 0 Å². The quantitative estimate of drug-likeness (QED) is 0.728. The van der Waals surface area contributed by atoms with Gasteiger partial charge in [0.1, 0.15) is 0 Å². The molecule has 0 unspecified atom stereocenters. The summed E-state index contributed by atoms with van der Waals surface area (Å²) in [6.07, 6.45) is 0.335. The number of hydrogen-bond acceptors (Lipinski definition) is 5. The lowest BCUT2D eigenvalue weighted by Gasteiger charge is -2.22. The fourth-order valence-electron chi connectivity index (χ4n) is 2.93. The van der Waals surface area contributed by atoms with E-state index in [1.54, 1.807) is 34.9 Å². The third-order valence-corrected chi connectivity index (χ3v) is 5.75. The molecular weight excluding hydrogens is 384 g/mol. The average Bonchev–Trinajstić information content (AvgIpc) is 2.93. The Bertz CT molecular complexity index is 784. The molecular formula is C18H28N4O5S. The first-order valence-electron chi connectivity index (χ1n) is 9.28. The normalized spacial score (nSPS) is 15.1. The molecule has 9 nitrogen and oxygen atoms in total. The number of carbonyl (C=O) groups is 2. The molecule has 0 bridgehead atoms. The van der Waals surface area contributed by atoms with Gasteiger partial charge in [-0.1, -0.05) is 24.3 Å². The Kier molecular flexibility index (Phi) is 8.06. The summed E-state index contributed by atoms with van der Waals surface area (Å²) in [7, 11) is -1.97. The molecule has 0 aliphatic carbocycles. The Morgan fingerprint density at radius 3 is 2.50 bits per heavy atom. The minimum absolute atomic E-state index is 0.110. The molecule has 2 N–H and O–H groups in total. The summed E-state index contributed by atoms with van der Waals surface area (Å²) in [6.45, 7) is 4.37. The van der Waals surface area contributed by atoms with Crippen LogP contribution < -0.4 is 10.0 Å². The second kappa shape index (κ2) is 10.3. The van der Waals surface area contributed by atoms with E-state index in [1.807, 2.05) is 6.07 Å². The zero-order valence-electron chi connectivity index (χ0n) is 16.3. The Labute approximate surface area is 166 Å². The van der Waals surface area contributed by atoms with Crippen LogP contribution in [0.15, 0.2) is 24.3 Å². The zero-order valence-corrected chi connectivity index (χ0v) is 17.1. The van der Waals surface area contributed by atoms with Crippen LogP contribution in [0.3, 0.4) is 0 Å². The van der Waals surface area contributed by atoms with E-state index in [9.17, 15) is 18.0 Å². The molecule has 3 amide bonds. The topological polar surface area (TPSA) is 108 Å². The Balaban J connectivity index is 1.87. The van der Waals surface area contributed by atoms with Gasteiger partial charge in [-0.05, 0) is 31.5 Å². The summed E-state index contributed by atoms with van der Waals surface area (Å²) in [6, 6.07) is 6.89. The smallest absolute Gasteiger partial charge is 0.409 e. The second-order valence-electron chi connectivity index (χ2n) is 6.47. The van der Waals surface area contributed by atoms with Crippen LogP contribution >= 0.6 is 0 Å². The predicted molar refractivity (Wildman–Crippen MR) is 105 cm³/mol. The third kappa shape index (κ3) is 6.68. The van der Waals surface area contributed by atoms with Crippen LogP contribution in [0, 0.1) is 0 Å². The highest BCUT2D eigenvalue weighted by Gasteiger charge is 2.22. The summed E-state index contributed by atoms with van der Waals surface area (Å²) in [4.78, 5) is 27.6. The predicted octanol–water partition coefficient (Wildman–Crippen LogP) is 1.11. The summed E-state index contributed by atoms with van der Waals surface area (Å²) in [5, 5.41) is 2.86. The number of nitrogens with zero attached hydrogens (tertiary/aromatic N) is 2. The van der Waals surface area contributed by atoms with Crippen molar-refractivity contribution in [1.82, 2.24) is 19.8 Å². The van der Waals surface area contributed by atoms with Gasteiger partial charge in [0.25, 0.3) is 0 Å². The summed E-state index contributed by atoms with van der Waals surface area (Å²) in [5.74, 6) is -0.110. The highest BCUT2D eigenvalue weighted by Crippen LogP contribution is 2.10. The zero-order chi connectivity index (χ0) is 20.6. The molecule has 0 saturated carbocycles. The van der Waals surface area contributed by atoms with Crippen LogP contribution in [-0.2, 0) is 27.1 Å². The largest absolute Gasteiger partial charge is 0.450 e. The van der Waals surface area contributed by atoms with Gasteiger partial charge in [-0.2, -0.15) is 0 Å². The standard InChI is InChI=1S/C18H28N4O5S/c1-3-27-18(24)22-9-5-8-21(10-11-22)17(23)20-13-15-6-4-7-16(12-15)14-28(25,26)19-2/h4,6-7,12,19H,3,5,8-11,13-14H2,1-2H3,(H,20,23). The van der Waals surface area contributed by atoms with Crippen molar-refractivity contribution in [3.8, 4) is 0 Å². The van der Waals surface area contributed by atoms with Crippen molar-refractivity contribution in [2.75, 3.05) is 39.8 Å². The van der Waals surface area contributed by atoms with Crippen molar-refractivity contribution < 1.29 is 22.7 Å². The maximum Gasteiger partial charge on any atom is 0.409 e. The molecule has 2 rings (SSSR count). The first kappa shape index (κ1) is 22.0. The Morgan fingerprint density at radius 1 is 1.11 bits per heavy atom. The lowest BCUT2D eigenvalue weighted by atomic mass is 10.1. The molecule has 1 aromatic rings.